The lowest BCUT2D eigenvalue weighted by Gasteiger charge is -2.04. The lowest BCUT2D eigenvalue weighted by Crippen LogP contribution is -1.90. The van der Waals surface area contributed by atoms with Crippen molar-refractivity contribution in [1.29, 1.82) is 0 Å². The van der Waals surface area contributed by atoms with Crippen molar-refractivity contribution >= 4 is 17.7 Å². The van der Waals surface area contributed by atoms with Gasteiger partial charge in [0.15, 0.2) is 5.12 Å². The van der Waals surface area contributed by atoms with E-state index < -0.39 is 0 Å². The summed E-state index contributed by atoms with van der Waals surface area (Å²) in [5.41, 5.74) is 1.28. The highest BCUT2D eigenvalue weighted by molar-refractivity contribution is 7.96. The molecule has 0 aromatic rings. The van der Waals surface area contributed by atoms with Crippen LogP contribution in [0.25, 0.3) is 0 Å². The standard InChI is InChI=1S/C9H12OS/c10-9(11)7-6-8-4-2-1-3-5-8/h2,4-5H,1,3,6-7H2,(H,10,11). The summed E-state index contributed by atoms with van der Waals surface area (Å²) >= 11 is 3.71. The number of thiol groups is 1. The number of hydrogen-bond donors (Lipinski definition) is 1. The van der Waals surface area contributed by atoms with Gasteiger partial charge in [0, 0.05) is 6.42 Å². The number of rotatable bonds is 3. The van der Waals surface area contributed by atoms with Crippen molar-refractivity contribution in [2.45, 2.75) is 25.7 Å². The topological polar surface area (TPSA) is 17.1 Å². The Balaban J connectivity index is 2.31. The molecule has 0 unspecified atom stereocenters. The van der Waals surface area contributed by atoms with E-state index in [1.54, 1.807) is 0 Å². The average Bonchev–Trinajstić information content (AvgIpc) is 2.03. The maximum absolute atomic E-state index is 10.5. The van der Waals surface area contributed by atoms with Crippen molar-refractivity contribution in [3.63, 3.8) is 0 Å². The van der Waals surface area contributed by atoms with Crippen LogP contribution in [0.5, 0.6) is 0 Å². The lowest BCUT2D eigenvalue weighted by atomic mass is 10.0. The van der Waals surface area contributed by atoms with Crippen molar-refractivity contribution in [3.05, 3.63) is 23.8 Å². The van der Waals surface area contributed by atoms with Gasteiger partial charge in [0.1, 0.15) is 0 Å². The van der Waals surface area contributed by atoms with Gasteiger partial charge in [-0.2, -0.15) is 0 Å². The molecule has 0 radical (unpaired) electrons. The van der Waals surface area contributed by atoms with Gasteiger partial charge in [0.25, 0.3) is 0 Å². The lowest BCUT2D eigenvalue weighted by molar-refractivity contribution is -0.110. The fraction of sp³-hybridized carbons (Fsp3) is 0.444. The SMILES string of the molecule is O=C(S)CCC1=CCCC=C1. The molecular formula is C9H12OS. The third-order valence-corrected chi connectivity index (χ3v) is 1.92. The van der Waals surface area contributed by atoms with Crippen LogP contribution in [0, 0.1) is 0 Å². The maximum atomic E-state index is 10.5. The van der Waals surface area contributed by atoms with Crippen LogP contribution < -0.4 is 0 Å². The fourth-order valence-electron chi connectivity index (χ4n) is 1.10. The molecule has 2 heteroatoms. The van der Waals surface area contributed by atoms with Crippen LogP contribution >= 0.6 is 12.6 Å². The molecule has 60 valence electrons. The molecule has 11 heavy (non-hydrogen) atoms. The van der Waals surface area contributed by atoms with E-state index in [1.165, 1.54) is 5.57 Å². The Bertz CT molecular complexity index is 204. The molecule has 0 aromatic heterocycles. The molecule has 0 N–H and O–H groups in total. The van der Waals surface area contributed by atoms with Crippen LogP contribution in [0.4, 0.5) is 0 Å². The molecule has 1 aliphatic rings. The number of carbonyl (C=O) groups excluding carboxylic acids is 1. The zero-order valence-electron chi connectivity index (χ0n) is 6.42. The van der Waals surface area contributed by atoms with Gasteiger partial charge in [-0.3, -0.25) is 4.79 Å². The van der Waals surface area contributed by atoms with Crippen LogP contribution in [-0.2, 0) is 4.79 Å². The molecule has 0 amide bonds. The van der Waals surface area contributed by atoms with Crippen molar-refractivity contribution in [3.8, 4) is 0 Å². The molecule has 0 atom stereocenters. The van der Waals surface area contributed by atoms with Crippen LogP contribution in [0.15, 0.2) is 23.8 Å². The second kappa shape index (κ2) is 4.39. The number of allylic oxidation sites excluding steroid dienone is 4. The van der Waals surface area contributed by atoms with E-state index >= 15 is 0 Å². The molecule has 0 saturated carbocycles. The molecule has 0 bridgehead atoms. The van der Waals surface area contributed by atoms with Gasteiger partial charge in [0.05, 0.1) is 0 Å². The van der Waals surface area contributed by atoms with Gasteiger partial charge in [-0.15, -0.1) is 12.6 Å². The summed E-state index contributed by atoms with van der Waals surface area (Å²) in [6.45, 7) is 0. The Morgan fingerprint density at radius 1 is 1.55 bits per heavy atom. The molecule has 0 saturated heterocycles. The second-order valence-electron chi connectivity index (χ2n) is 2.65. The van der Waals surface area contributed by atoms with Gasteiger partial charge in [-0.05, 0) is 19.3 Å². The van der Waals surface area contributed by atoms with Gasteiger partial charge in [-0.25, -0.2) is 0 Å². The van der Waals surface area contributed by atoms with Crippen molar-refractivity contribution in [2.24, 2.45) is 0 Å². The van der Waals surface area contributed by atoms with Crippen LogP contribution in [0.3, 0.4) is 0 Å². The monoisotopic (exact) mass is 168 g/mol. The van der Waals surface area contributed by atoms with E-state index in [-0.39, 0.29) is 5.12 Å². The maximum Gasteiger partial charge on any atom is 0.186 e. The fourth-order valence-corrected chi connectivity index (χ4v) is 1.22. The second-order valence-corrected chi connectivity index (χ2v) is 3.15. The van der Waals surface area contributed by atoms with E-state index in [9.17, 15) is 4.79 Å². The quantitative estimate of drug-likeness (QED) is 0.641. The van der Waals surface area contributed by atoms with E-state index in [0.717, 1.165) is 19.3 Å². The summed E-state index contributed by atoms with van der Waals surface area (Å²) in [6.07, 6.45) is 10.1. The van der Waals surface area contributed by atoms with Gasteiger partial charge in [-0.1, -0.05) is 23.8 Å². The molecule has 1 aliphatic carbocycles. The Morgan fingerprint density at radius 2 is 2.36 bits per heavy atom. The zero-order valence-corrected chi connectivity index (χ0v) is 7.31. The Hall–Kier alpha value is -0.500. The highest BCUT2D eigenvalue weighted by Gasteiger charge is 1.99. The highest BCUT2D eigenvalue weighted by atomic mass is 32.1. The predicted octanol–water partition coefficient (Wildman–Crippen LogP) is 2.50. The Morgan fingerprint density at radius 3 is 2.91 bits per heavy atom. The molecule has 0 aromatic carbocycles. The van der Waals surface area contributed by atoms with Crippen molar-refractivity contribution in [1.82, 2.24) is 0 Å². The minimum absolute atomic E-state index is 0.0233. The first-order valence-corrected chi connectivity index (χ1v) is 4.31. The number of hydrogen-bond acceptors (Lipinski definition) is 1. The first-order chi connectivity index (χ1) is 5.29. The predicted molar refractivity (Wildman–Crippen MR) is 49.7 cm³/mol. The Labute approximate surface area is 72.6 Å². The first-order valence-electron chi connectivity index (χ1n) is 3.86. The van der Waals surface area contributed by atoms with E-state index in [2.05, 4.69) is 30.9 Å². The summed E-state index contributed by atoms with van der Waals surface area (Å²) < 4.78 is 0. The van der Waals surface area contributed by atoms with E-state index in [0.29, 0.717) is 6.42 Å². The summed E-state index contributed by atoms with van der Waals surface area (Å²) in [5, 5.41) is -0.0233. The van der Waals surface area contributed by atoms with Gasteiger partial charge >= 0.3 is 0 Å². The molecule has 1 nitrogen and oxygen atoms in total. The smallest absolute Gasteiger partial charge is 0.186 e. The Kier molecular flexibility index (Phi) is 3.43. The summed E-state index contributed by atoms with van der Waals surface area (Å²) in [6, 6.07) is 0. The molecule has 0 fully saturated rings. The molecule has 0 spiro atoms. The van der Waals surface area contributed by atoms with Crippen LogP contribution in [-0.4, -0.2) is 5.12 Å². The first kappa shape index (κ1) is 8.60. The van der Waals surface area contributed by atoms with Gasteiger partial charge < -0.3 is 0 Å². The summed E-state index contributed by atoms with van der Waals surface area (Å²) in [5.74, 6) is 0. The molecular weight excluding hydrogens is 156 g/mol. The number of carbonyl (C=O) groups is 1. The minimum Gasteiger partial charge on any atom is -0.287 e. The minimum atomic E-state index is -0.0233. The molecule has 0 aliphatic heterocycles. The van der Waals surface area contributed by atoms with E-state index in [4.69, 9.17) is 0 Å². The molecule has 0 heterocycles. The third-order valence-electron chi connectivity index (χ3n) is 1.70. The van der Waals surface area contributed by atoms with Gasteiger partial charge in [0.2, 0.25) is 0 Å². The highest BCUT2D eigenvalue weighted by Crippen LogP contribution is 2.14. The average molecular weight is 168 g/mol. The third kappa shape index (κ3) is 3.42. The van der Waals surface area contributed by atoms with Crippen LogP contribution in [0.1, 0.15) is 25.7 Å². The van der Waals surface area contributed by atoms with E-state index in [1.807, 2.05) is 0 Å². The zero-order chi connectivity index (χ0) is 8.10. The molecule has 1 rings (SSSR count). The largest absolute Gasteiger partial charge is 0.287 e. The van der Waals surface area contributed by atoms with Crippen LogP contribution in [0.2, 0.25) is 0 Å². The van der Waals surface area contributed by atoms with Crippen molar-refractivity contribution < 1.29 is 4.79 Å². The normalized spacial score (nSPS) is 16.3. The van der Waals surface area contributed by atoms with Crippen molar-refractivity contribution in [2.75, 3.05) is 0 Å². The summed E-state index contributed by atoms with van der Waals surface area (Å²) in [7, 11) is 0. The summed E-state index contributed by atoms with van der Waals surface area (Å²) in [4.78, 5) is 10.5.